The van der Waals surface area contributed by atoms with Gasteiger partial charge in [-0.25, -0.2) is 19.5 Å². The van der Waals surface area contributed by atoms with Crippen molar-refractivity contribution in [3.8, 4) is 11.8 Å². The third-order valence-corrected chi connectivity index (χ3v) is 3.83. The van der Waals surface area contributed by atoms with Gasteiger partial charge >= 0.3 is 6.01 Å². The van der Waals surface area contributed by atoms with Gasteiger partial charge < -0.3 is 10.5 Å². The summed E-state index contributed by atoms with van der Waals surface area (Å²) in [5, 5.41) is 0.401. The SMILES string of the molecule is Nc1cccc(COc2nc3ccccc3n2-c2ncncc2Cl)n1. The maximum Gasteiger partial charge on any atom is 0.303 e. The summed E-state index contributed by atoms with van der Waals surface area (Å²) in [4.78, 5) is 16.9. The van der Waals surface area contributed by atoms with E-state index < -0.39 is 0 Å². The monoisotopic (exact) mass is 352 g/mol. The average molecular weight is 353 g/mol. The zero-order chi connectivity index (χ0) is 17.2. The van der Waals surface area contributed by atoms with E-state index in [2.05, 4.69) is 19.9 Å². The van der Waals surface area contributed by atoms with Crippen molar-refractivity contribution in [2.24, 2.45) is 0 Å². The Morgan fingerprint density at radius 2 is 1.96 bits per heavy atom. The molecule has 0 unspecified atom stereocenters. The zero-order valence-corrected chi connectivity index (χ0v) is 13.8. The fourth-order valence-corrected chi connectivity index (χ4v) is 2.68. The highest BCUT2D eigenvalue weighted by molar-refractivity contribution is 6.32. The number of aromatic nitrogens is 5. The number of imidazole rings is 1. The molecule has 4 aromatic rings. The molecule has 7 nitrogen and oxygen atoms in total. The Hall–Kier alpha value is -3.19. The number of anilines is 1. The molecule has 0 fully saturated rings. The lowest BCUT2D eigenvalue weighted by Crippen LogP contribution is -2.06. The van der Waals surface area contributed by atoms with E-state index in [0.29, 0.717) is 28.4 Å². The fraction of sp³-hybridized carbons (Fsp3) is 0.0588. The van der Waals surface area contributed by atoms with Crippen LogP contribution in [0.5, 0.6) is 6.01 Å². The number of halogens is 1. The van der Waals surface area contributed by atoms with Crippen molar-refractivity contribution in [2.45, 2.75) is 6.61 Å². The summed E-state index contributed by atoms with van der Waals surface area (Å²) >= 11 is 6.27. The van der Waals surface area contributed by atoms with E-state index in [9.17, 15) is 0 Å². The highest BCUT2D eigenvalue weighted by Gasteiger charge is 2.17. The summed E-state index contributed by atoms with van der Waals surface area (Å²) < 4.78 is 7.64. The Morgan fingerprint density at radius 1 is 1.08 bits per heavy atom. The summed E-state index contributed by atoms with van der Waals surface area (Å²) in [6, 6.07) is 13.4. The van der Waals surface area contributed by atoms with Crippen LogP contribution >= 0.6 is 11.6 Å². The third-order valence-electron chi connectivity index (χ3n) is 3.57. The first kappa shape index (κ1) is 15.3. The second-order valence-corrected chi connectivity index (χ2v) is 5.66. The highest BCUT2D eigenvalue weighted by Crippen LogP contribution is 2.28. The first-order valence-electron chi connectivity index (χ1n) is 7.50. The number of benzene rings is 1. The number of pyridine rings is 1. The van der Waals surface area contributed by atoms with Crippen LogP contribution in [0.4, 0.5) is 5.82 Å². The molecule has 1 aromatic carbocycles. The predicted molar refractivity (Wildman–Crippen MR) is 94.7 cm³/mol. The summed E-state index contributed by atoms with van der Waals surface area (Å²) in [5.41, 5.74) is 8.01. The maximum atomic E-state index is 6.27. The van der Waals surface area contributed by atoms with Crippen molar-refractivity contribution in [1.29, 1.82) is 0 Å². The van der Waals surface area contributed by atoms with Crippen LogP contribution < -0.4 is 10.5 Å². The zero-order valence-electron chi connectivity index (χ0n) is 13.0. The first-order chi connectivity index (χ1) is 12.2. The molecule has 25 heavy (non-hydrogen) atoms. The van der Waals surface area contributed by atoms with Crippen molar-refractivity contribution in [3.63, 3.8) is 0 Å². The van der Waals surface area contributed by atoms with Crippen LogP contribution in [-0.2, 0) is 6.61 Å². The minimum Gasteiger partial charge on any atom is -0.458 e. The third kappa shape index (κ3) is 2.97. The van der Waals surface area contributed by atoms with Gasteiger partial charge in [-0.3, -0.25) is 0 Å². The molecule has 0 saturated heterocycles. The lowest BCUT2D eigenvalue weighted by Gasteiger charge is -2.10. The molecule has 0 atom stereocenters. The van der Waals surface area contributed by atoms with Crippen LogP contribution in [0.1, 0.15) is 5.69 Å². The molecule has 0 radical (unpaired) electrons. The average Bonchev–Trinajstić information content (AvgIpc) is 2.99. The summed E-state index contributed by atoms with van der Waals surface area (Å²) in [5.74, 6) is 0.939. The van der Waals surface area contributed by atoms with Gasteiger partial charge in [0, 0.05) is 0 Å². The molecular formula is C17H13ClN6O. The molecular weight excluding hydrogens is 340 g/mol. The van der Waals surface area contributed by atoms with Gasteiger partial charge in [-0.15, -0.1) is 0 Å². The summed E-state index contributed by atoms with van der Waals surface area (Å²) in [7, 11) is 0. The van der Waals surface area contributed by atoms with Crippen molar-refractivity contribution >= 4 is 28.5 Å². The molecule has 0 saturated carbocycles. The van der Waals surface area contributed by atoms with Gasteiger partial charge in [-0.05, 0) is 24.3 Å². The van der Waals surface area contributed by atoms with Crippen LogP contribution in [0.25, 0.3) is 16.9 Å². The van der Waals surface area contributed by atoms with E-state index >= 15 is 0 Å². The Morgan fingerprint density at radius 3 is 2.80 bits per heavy atom. The van der Waals surface area contributed by atoms with E-state index in [1.807, 2.05) is 36.4 Å². The second kappa shape index (κ2) is 6.37. The number of hydrogen-bond acceptors (Lipinski definition) is 6. The van der Waals surface area contributed by atoms with Gasteiger partial charge in [0.25, 0.3) is 0 Å². The number of para-hydroxylation sites is 2. The van der Waals surface area contributed by atoms with Crippen molar-refractivity contribution in [3.05, 3.63) is 65.7 Å². The molecule has 124 valence electrons. The maximum absolute atomic E-state index is 6.27. The van der Waals surface area contributed by atoms with Crippen LogP contribution in [-0.4, -0.2) is 24.5 Å². The highest BCUT2D eigenvalue weighted by atomic mass is 35.5. The Balaban J connectivity index is 1.78. The normalized spacial score (nSPS) is 10.9. The minimum atomic E-state index is 0.219. The molecule has 0 spiro atoms. The van der Waals surface area contributed by atoms with Gasteiger partial charge in [0.15, 0.2) is 5.82 Å². The smallest absolute Gasteiger partial charge is 0.303 e. The van der Waals surface area contributed by atoms with Crippen molar-refractivity contribution in [2.75, 3.05) is 5.73 Å². The second-order valence-electron chi connectivity index (χ2n) is 5.26. The molecule has 0 bridgehead atoms. The number of hydrogen-bond donors (Lipinski definition) is 1. The number of fused-ring (bicyclic) bond motifs is 1. The molecule has 0 amide bonds. The molecule has 8 heteroatoms. The lowest BCUT2D eigenvalue weighted by atomic mass is 10.3. The van der Waals surface area contributed by atoms with Gasteiger partial charge in [0.1, 0.15) is 23.8 Å². The van der Waals surface area contributed by atoms with Gasteiger partial charge in [-0.1, -0.05) is 29.8 Å². The molecule has 2 N–H and O–H groups in total. The quantitative estimate of drug-likeness (QED) is 0.607. The van der Waals surface area contributed by atoms with Crippen LogP contribution in [0, 0.1) is 0 Å². The first-order valence-corrected chi connectivity index (χ1v) is 7.88. The molecule has 0 aliphatic heterocycles. The van der Waals surface area contributed by atoms with Crippen LogP contribution in [0.3, 0.4) is 0 Å². The van der Waals surface area contributed by atoms with E-state index in [4.69, 9.17) is 22.1 Å². The van der Waals surface area contributed by atoms with Gasteiger partial charge in [0.05, 0.1) is 22.9 Å². The number of rotatable bonds is 4. The van der Waals surface area contributed by atoms with Crippen LogP contribution in [0.15, 0.2) is 55.0 Å². The van der Waals surface area contributed by atoms with Gasteiger partial charge in [-0.2, -0.15) is 4.98 Å². The Kier molecular flexibility index (Phi) is 3.91. The number of ether oxygens (including phenoxy) is 1. The minimum absolute atomic E-state index is 0.219. The molecule has 3 heterocycles. The number of nitrogen functional groups attached to an aromatic ring is 1. The van der Waals surface area contributed by atoms with E-state index in [-0.39, 0.29) is 6.61 Å². The number of nitrogens with zero attached hydrogens (tertiary/aromatic N) is 5. The van der Waals surface area contributed by atoms with Gasteiger partial charge in [0.2, 0.25) is 0 Å². The predicted octanol–water partition coefficient (Wildman–Crippen LogP) is 3.03. The van der Waals surface area contributed by atoms with Crippen molar-refractivity contribution < 1.29 is 4.74 Å². The number of nitrogens with two attached hydrogens (primary N) is 1. The fourth-order valence-electron chi connectivity index (χ4n) is 2.49. The molecule has 0 aliphatic rings. The van der Waals surface area contributed by atoms with Crippen LogP contribution in [0.2, 0.25) is 5.02 Å². The van der Waals surface area contributed by atoms with E-state index in [1.54, 1.807) is 10.6 Å². The molecule has 3 aromatic heterocycles. The van der Waals surface area contributed by atoms with Crippen molar-refractivity contribution in [1.82, 2.24) is 24.5 Å². The standard InChI is InChI=1S/C17H13ClN6O/c18-12-8-20-10-21-16(12)24-14-6-2-1-5-13(14)23-17(24)25-9-11-4-3-7-15(19)22-11/h1-8,10H,9H2,(H2,19,22). The molecule has 0 aliphatic carbocycles. The van der Waals surface area contributed by atoms with E-state index in [0.717, 1.165) is 11.0 Å². The summed E-state index contributed by atoms with van der Waals surface area (Å²) in [6.45, 7) is 0.219. The summed E-state index contributed by atoms with van der Waals surface area (Å²) in [6.07, 6.45) is 2.96. The van der Waals surface area contributed by atoms with E-state index in [1.165, 1.54) is 12.5 Å². The topological polar surface area (TPSA) is 91.7 Å². The largest absolute Gasteiger partial charge is 0.458 e. The lowest BCUT2D eigenvalue weighted by molar-refractivity contribution is 0.273. The Labute approximate surface area is 148 Å². The molecule has 4 rings (SSSR count). The Bertz CT molecular complexity index is 1050.